The third-order valence-electron chi connectivity index (χ3n) is 1.38. The third kappa shape index (κ3) is 1.68. The van der Waals surface area contributed by atoms with Crippen LogP contribution in [0.25, 0.3) is 0 Å². The third-order valence-corrected chi connectivity index (χ3v) is 1.89. The Balaban J connectivity index is 3.17. The summed E-state index contributed by atoms with van der Waals surface area (Å²) in [4.78, 5) is 0.419. The molecule has 0 spiro atoms. The molecule has 3 nitrogen and oxygen atoms in total. The lowest BCUT2D eigenvalue weighted by molar-refractivity contribution is 0.425. The Labute approximate surface area is 70.4 Å². The number of nitrogen functional groups attached to an aromatic ring is 1. The van der Waals surface area contributed by atoms with Crippen LogP contribution in [0.3, 0.4) is 0 Å². The molecule has 0 radical (unpaired) electrons. The van der Waals surface area contributed by atoms with E-state index >= 15 is 0 Å². The smallest absolute Gasteiger partial charge is 0.423 e. The van der Waals surface area contributed by atoms with Gasteiger partial charge in [-0.2, -0.15) is 0 Å². The SMILES string of the molecule is Nc1cccc(B(O)O)c1S. The fraction of sp³-hybridized carbons (Fsp3) is 0. The molecule has 0 aliphatic heterocycles. The molecule has 11 heavy (non-hydrogen) atoms. The highest BCUT2D eigenvalue weighted by Crippen LogP contribution is 2.12. The van der Waals surface area contributed by atoms with Crippen molar-refractivity contribution in [3.05, 3.63) is 18.2 Å². The van der Waals surface area contributed by atoms with Gasteiger partial charge in [-0.1, -0.05) is 12.1 Å². The van der Waals surface area contributed by atoms with Crippen LogP contribution in [0.15, 0.2) is 23.1 Å². The number of hydrogen-bond donors (Lipinski definition) is 4. The van der Waals surface area contributed by atoms with Gasteiger partial charge >= 0.3 is 7.12 Å². The first-order valence-corrected chi connectivity index (χ1v) is 3.51. The molecule has 0 aliphatic carbocycles. The first-order valence-electron chi connectivity index (χ1n) is 3.06. The van der Waals surface area contributed by atoms with E-state index in [0.29, 0.717) is 16.0 Å². The van der Waals surface area contributed by atoms with Crippen LogP contribution in [0.1, 0.15) is 0 Å². The Morgan fingerprint density at radius 1 is 1.36 bits per heavy atom. The van der Waals surface area contributed by atoms with E-state index in [9.17, 15) is 0 Å². The zero-order valence-electron chi connectivity index (χ0n) is 5.73. The number of benzene rings is 1. The second-order valence-corrected chi connectivity index (χ2v) is 2.61. The van der Waals surface area contributed by atoms with Crippen LogP contribution in [0.4, 0.5) is 5.69 Å². The van der Waals surface area contributed by atoms with Crippen LogP contribution in [0.2, 0.25) is 0 Å². The summed E-state index contributed by atoms with van der Waals surface area (Å²) in [6, 6.07) is 4.85. The highest BCUT2D eigenvalue weighted by molar-refractivity contribution is 7.80. The summed E-state index contributed by atoms with van der Waals surface area (Å²) in [7, 11) is -1.51. The van der Waals surface area contributed by atoms with Gasteiger partial charge in [-0.25, -0.2) is 0 Å². The van der Waals surface area contributed by atoms with Crippen LogP contribution in [0, 0.1) is 0 Å². The molecule has 0 unspecified atom stereocenters. The molecule has 4 N–H and O–H groups in total. The van der Waals surface area contributed by atoms with Gasteiger partial charge < -0.3 is 15.8 Å². The molecule has 58 valence electrons. The number of thiol groups is 1. The second-order valence-electron chi connectivity index (χ2n) is 2.16. The summed E-state index contributed by atoms with van der Waals surface area (Å²) in [5.74, 6) is 0. The Hall–Kier alpha value is -0.645. The van der Waals surface area contributed by atoms with E-state index in [2.05, 4.69) is 12.6 Å². The minimum Gasteiger partial charge on any atom is -0.423 e. The van der Waals surface area contributed by atoms with Gasteiger partial charge in [0, 0.05) is 10.6 Å². The molecule has 0 bridgehead atoms. The summed E-state index contributed by atoms with van der Waals surface area (Å²) in [5, 5.41) is 17.6. The molecule has 0 amide bonds. The summed E-state index contributed by atoms with van der Waals surface area (Å²) in [6.45, 7) is 0. The number of hydrogen-bond acceptors (Lipinski definition) is 4. The van der Waals surface area contributed by atoms with E-state index in [0.717, 1.165) is 0 Å². The zero-order chi connectivity index (χ0) is 8.43. The van der Waals surface area contributed by atoms with E-state index in [1.165, 1.54) is 0 Å². The number of nitrogens with two attached hydrogens (primary N) is 1. The molecule has 1 aromatic rings. The predicted molar refractivity (Wildman–Crippen MR) is 47.9 cm³/mol. The van der Waals surface area contributed by atoms with Crippen molar-refractivity contribution in [2.75, 3.05) is 5.73 Å². The lowest BCUT2D eigenvalue weighted by Gasteiger charge is -2.04. The topological polar surface area (TPSA) is 66.5 Å². The first kappa shape index (κ1) is 8.45. The normalized spacial score (nSPS) is 9.73. The monoisotopic (exact) mass is 169 g/mol. The van der Waals surface area contributed by atoms with Gasteiger partial charge in [0.15, 0.2) is 0 Å². The fourth-order valence-corrected chi connectivity index (χ4v) is 1.05. The Bertz CT molecular complexity index is 267. The van der Waals surface area contributed by atoms with Gasteiger partial charge in [0.2, 0.25) is 0 Å². The van der Waals surface area contributed by atoms with Crippen LogP contribution >= 0.6 is 12.6 Å². The number of rotatable bonds is 1. The van der Waals surface area contributed by atoms with Crippen molar-refractivity contribution >= 4 is 30.9 Å². The lowest BCUT2D eigenvalue weighted by Crippen LogP contribution is -2.31. The van der Waals surface area contributed by atoms with Gasteiger partial charge in [-0.05, 0) is 11.5 Å². The second kappa shape index (κ2) is 3.17. The highest BCUT2D eigenvalue weighted by Gasteiger charge is 2.14. The Morgan fingerprint density at radius 2 is 2.00 bits per heavy atom. The molecule has 0 heterocycles. The molecule has 1 aromatic carbocycles. The Kier molecular flexibility index (Phi) is 2.43. The Morgan fingerprint density at radius 3 is 2.45 bits per heavy atom. The van der Waals surface area contributed by atoms with E-state index < -0.39 is 7.12 Å². The van der Waals surface area contributed by atoms with Gasteiger partial charge in [-0.15, -0.1) is 12.6 Å². The van der Waals surface area contributed by atoms with Gasteiger partial charge in [-0.3, -0.25) is 0 Å². The molecular formula is C6H8BNO2S. The summed E-state index contributed by atoms with van der Waals surface area (Å²) < 4.78 is 0. The standard InChI is InChI=1S/C6H8BNO2S/c8-5-3-1-2-4(6(5)11)7(9)10/h1-3,9-11H,8H2. The molecule has 0 atom stereocenters. The van der Waals surface area contributed by atoms with Gasteiger partial charge in [0.1, 0.15) is 0 Å². The molecule has 5 heteroatoms. The summed E-state index contributed by atoms with van der Waals surface area (Å²) >= 11 is 4.01. The summed E-state index contributed by atoms with van der Waals surface area (Å²) in [6.07, 6.45) is 0. The molecule has 0 aliphatic rings. The van der Waals surface area contributed by atoms with Crippen molar-refractivity contribution in [1.29, 1.82) is 0 Å². The summed E-state index contributed by atoms with van der Waals surface area (Å²) in [5.41, 5.74) is 6.23. The minimum absolute atomic E-state index is 0.327. The zero-order valence-corrected chi connectivity index (χ0v) is 6.62. The van der Waals surface area contributed by atoms with Crippen molar-refractivity contribution in [1.82, 2.24) is 0 Å². The first-order chi connectivity index (χ1) is 5.13. The average Bonchev–Trinajstić information content (AvgIpc) is 1.94. The van der Waals surface area contributed by atoms with Crippen molar-refractivity contribution in [2.45, 2.75) is 4.90 Å². The van der Waals surface area contributed by atoms with Gasteiger partial charge in [0.25, 0.3) is 0 Å². The molecule has 0 saturated carbocycles. The van der Waals surface area contributed by atoms with Crippen LogP contribution < -0.4 is 11.2 Å². The predicted octanol–water partition coefficient (Wildman–Crippen LogP) is -0.763. The minimum atomic E-state index is -1.51. The van der Waals surface area contributed by atoms with Crippen molar-refractivity contribution in [2.24, 2.45) is 0 Å². The number of anilines is 1. The van der Waals surface area contributed by atoms with Crippen LogP contribution in [-0.2, 0) is 0 Å². The van der Waals surface area contributed by atoms with E-state index in [1.807, 2.05) is 0 Å². The molecule has 1 rings (SSSR count). The van der Waals surface area contributed by atoms with E-state index in [-0.39, 0.29) is 0 Å². The molecule has 0 saturated heterocycles. The van der Waals surface area contributed by atoms with E-state index in [1.54, 1.807) is 18.2 Å². The van der Waals surface area contributed by atoms with Crippen LogP contribution in [-0.4, -0.2) is 17.2 Å². The molecular weight excluding hydrogens is 161 g/mol. The van der Waals surface area contributed by atoms with Crippen molar-refractivity contribution in [3.63, 3.8) is 0 Å². The van der Waals surface area contributed by atoms with Crippen LogP contribution in [0.5, 0.6) is 0 Å². The largest absolute Gasteiger partial charge is 0.489 e. The van der Waals surface area contributed by atoms with Crippen molar-refractivity contribution in [3.8, 4) is 0 Å². The molecule has 0 fully saturated rings. The fourth-order valence-electron chi connectivity index (χ4n) is 0.788. The quantitative estimate of drug-likeness (QED) is 0.253. The maximum absolute atomic E-state index is 8.78. The average molecular weight is 169 g/mol. The van der Waals surface area contributed by atoms with Crippen molar-refractivity contribution < 1.29 is 10.0 Å². The maximum atomic E-state index is 8.78. The highest BCUT2D eigenvalue weighted by atomic mass is 32.1. The molecule has 0 aromatic heterocycles. The maximum Gasteiger partial charge on any atom is 0.489 e. The van der Waals surface area contributed by atoms with E-state index in [4.69, 9.17) is 15.8 Å². The lowest BCUT2D eigenvalue weighted by atomic mass is 9.80. The van der Waals surface area contributed by atoms with Gasteiger partial charge in [0.05, 0.1) is 0 Å².